The minimum absolute atomic E-state index is 0.0926. The smallest absolute Gasteiger partial charge is 0.322 e. The van der Waals surface area contributed by atoms with Gasteiger partial charge in [-0.1, -0.05) is 24.0 Å². The molecule has 0 unspecified atom stereocenters. The molecule has 3 aromatic carbocycles. The van der Waals surface area contributed by atoms with Crippen molar-refractivity contribution in [2.24, 2.45) is 0 Å². The fraction of sp³-hybridized carbons (Fsp3) is 0.214. The van der Waals surface area contributed by atoms with E-state index in [9.17, 15) is 23.5 Å². The zero-order chi connectivity index (χ0) is 25.2. The van der Waals surface area contributed by atoms with E-state index in [4.69, 9.17) is 0 Å². The average Bonchev–Trinajstić information content (AvgIpc) is 2.87. The van der Waals surface area contributed by atoms with Gasteiger partial charge in [-0.3, -0.25) is 4.79 Å². The van der Waals surface area contributed by atoms with E-state index in [0.717, 1.165) is 11.1 Å². The lowest BCUT2D eigenvalue weighted by molar-refractivity contribution is -0.159. The summed E-state index contributed by atoms with van der Waals surface area (Å²) in [5.41, 5.74) is 2.86. The third-order valence-corrected chi connectivity index (χ3v) is 6.63. The number of piperazine rings is 1. The van der Waals surface area contributed by atoms with Gasteiger partial charge in [0.05, 0.1) is 18.7 Å². The molecule has 2 aliphatic heterocycles. The highest BCUT2D eigenvalue weighted by atomic mass is 19.1. The summed E-state index contributed by atoms with van der Waals surface area (Å²) in [6, 6.07) is 17.9. The van der Waals surface area contributed by atoms with Crippen molar-refractivity contribution in [3.8, 4) is 11.8 Å². The van der Waals surface area contributed by atoms with Crippen molar-refractivity contribution >= 4 is 17.6 Å². The van der Waals surface area contributed by atoms with Crippen LogP contribution >= 0.6 is 0 Å². The molecule has 3 atom stereocenters. The summed E-state index contributed by atoms with van der Waals surface area (Å²) in [5.74, 6) is 4.96. The number of aliphatic hydroxyl groups excluding tert-OH is 1. The Balaban J connectivity index is 1.30. The van der Waals surface area contributed by atoms with E-state index >= 15 is 0 Å². The van der Waals surface area contributed by atoms with Gasteiger partial charge < -0.3 is 20.2 Å². The zero-order valence-corrected chi connectivity index (χ0v) is 19.2. The first kappa shape index (κ1) is 23.5. The lowest BCUT2D eigenvalue weighted by atomic mass is 9.73. The Bertz CT molecular complexity index is 1330. The highest BCUT2D eigenvalue weighted by molar-refractivity contribution is 5.93. The van der Waals surface area contributed by atoms with E-state index < -0.39 is 11.8 Å². The van der Waals surface area contributed by atoms with Crippen LogP contribution < -0.4 is 5.32 Å². The fourth-order valence-electron chi connectivity index (χ4n) is 4.86. The Morgan fingerprint density at radius 2 is 1.47 bits per heavy atom. The van der Waals surface area contributed by atoms with Crippen LogP contribution in [0.4, 0.5) is 19.3 Å². The highest BCUT2D eigenvalue weighted by Crippen LogP contribution is 2.43. The topological polar surface area (TPSA) is 72.9 Å². The van der Waals surface area contributed by atoms with E-state index in [1.165, 1.54) is 41.3 Å². The summed E-state index contributed by atoms with van der Waals surface area (Å²) >= 11 is 0. The Kier molecular flexibility index (Phi) is 6.40. The van der Waals surface area contributed by atoms with Crippen LogP contribution in [0.2, 0.25) is 0 Å². The first-order valence-electron chi connectivity index (χ1n) is 11.5. The Morgan fingerprint density at radius 1 is 0.917 bits per heavy atom. The van der Waals surface area contributed by atoms with E-state index in [1.54, 1.807) is 17.0 Å². The third-order valence-electron chi connectivity index (χ3n) is 6.63. The number of carbonyl (C=O) groups is 2. The molecule has 0 radical (unpaired) electrons. The van der Waals surface area contributed by atoms with Gasteiger partial charge in [-0.2, -0.15) is 0 Å². The van der Waals surface area contributed by atoms with Crippen LogP contribution in [0.3, 0.4) is 0 Å². The van der Waals surface area contributed by atoms with Crippen molar-refractivity contribution in [2.75, 3.05) is 25.0 Å². The maximum atomic E-state index is 13.2. The number of nitrogens with zero attached hydrogens (tertiary/aromatic N) is 2. The average molecular weight is 488 g/mol. The Morgan fingerprint density at radius 3 is 2.06 bits per heavy atom. The number of hydrogen-bond donors (Lipinski definition) is 2. The van der Waals surface area contributed by atoms with Gasteiger partial charge in [-0.25, -0.2) is 13.6 Å². The van der Waals surface area contributed by atoms with Crippen LogP contribution in [-0.2, 0) is 4.79 Å². The maximum Gasteiger partial charge on any atom is 0.322 e. The van der Waals surface area contributed by atoms with Crippen molar-refractivity contribution in [3.05, 3.63) is 101 Å². The SMILES string of the molecule is O=C(Nc1ccc(F)cc1)N1CC(=O)N2[C@@H](CO)[C@H](c3ccc(C#Cc4ccc(F)cc4)cc3)[C@@H]2C1. The van der Waals surface area contributed by atoms with Gasteiger partial charge in [-0.05, 0) is 66.2 Å². The number of aliphatic hydroxyl groups is 1. The summed E-state index contributed by atoms with van der Waals surface area (Å²) in [5, 5.41) is 12.7. The number of rotatable bonds is 3. The van der Waals surface area contributed by atoms with Crippen molar-refractivity contribution in [2.45, 2.75) is 18.0 Å². The molecule has 3 aromatic rings. The molecule has 5 rings (SSSR count). The lowest BCUT2D eigenvalue weighted by Gasteiger charge is -2.58. The predicted octanol–water partition coefficient (Wildman–Crippen LogP) is 3.57. The number of amides is 3. The Hall–Kier alpha value is -4.22. The first-order chi connectivity index (χ1) is 17.4. The van der Waals surface area contributed by atoms with Crippen molar-refractivity contribution in [1.29, 1.82) is 0 Å². The number of urea groups is 1. The molecule has 8 heteroatoms. The van der Waals surface area contributed by atoms with E-state index in [-0.39, 0.29) is 42.9 Å². The van der Waals surface area contributed by atoms with E-state index in [2.05, 4.69) is 17.2 Å². The van der Waals surface area contributed by atoms with Crippen LogP contribution in [0.25, 0.3) is 0 Å². The number of carbonyl (C=O) groups excluding carboxylic acids is 2. The number of fused-ring (bicyclic) bond motifs is 1. The summed E-state index contributed by atoms with van der Waals surface area (Å²) in [4.78, 5) is 28.7. The quantitative estimate of drug-likeness (QED) is 0.555. The molecule has 6 nitrogen and oxygen atoms in total. The van der Waals surface area contributed by atoms with E-state index in [0.29, 0.717) is 17.8 Å². The molecule has 2 N–H and O–H groups in total. The molecule has 3 amide bonds. The molecule has 2 aliphatic rings. The largest absolute Gasteiger partial charge is 0.394 e. The van der Waals surface area contributed by atoms with E-state index in [1.807, 2.05) is 24.3 Å². The standard InChI is InChI=1S/C28H23F2N3O3/c29-21-9-5-19(6-10-21)2-1-18-3-7-20(8-4-18)27-24-15-32(16-26(35)33(24)25(27)17-34)28(36)31-23-13-11-22(30)12-14-23/h3-14,24-25,27,34H,15-17H2,(H,31,36)/t24-,25-,27+/m0/s1. The maximum absolute atomic E-state index is 13.2. The van der Waals surface area contributed by atoms with Gasteiger partial charge in [0, 0.05) is 29.3 Å². The number of nitrogens with one attached hydrogen (secondary N) is 1. The summed E-state index contributed by atoms with van der Waals surface area (Å²) in [6.45, 7) is 0.0392. The fourth-order valence-corrected chi connectivity index (χ4v) is 4.86. The second-order valence-electron chi connectivity index (χ2n) is 8.84. The summed E-state index contributed by atoms with van der Waals surface area (Å²) < 4.78 is 26.2. The second kappa shape index (κ2) is 9.80. The molecular formula is C28H23F2N3O3. The summed E-state index contributed by atoms with van der Waals surface area (Å²) in [7, 11) is 0. The molecule has 0 saturated carbocycles. The molecule has 0 bridgehead atoms. The Labute approximate surface area is 207 Å². The number of anilines is 1. The van der Waals surface area contributed by atoms with Crippen molar-refractivity contribution in [3.63, 3.8) is 0 Å². The molecule has 36 heavy (non-hydrogen) atoms. The molecule has 2 heterocycles. The van der Waals surface area contributed by atoms with Gasteiger partial charge >= 0.3 is 6.03 Å². The molecular weight excluding hydrogens is 464 g/mol. The van der Waals surface area contributed by atoms with Crippen molar-refractivity contribution in [1.82, 2.24) is 9.80 Å². The number of hydrogen-bond acceptors (Lipinski definition) is 3. The van der Waals surface area contributed by atoms with Gasteiger partial charge in [0.25, 0.3) is 0 Å². The molecule has 2 fully saturated rings. The van der Waals surface area contributed by atoms with Crippen LogP contribution in [0.5, 0.6) is 0 Å². The number of benzene rings is 3. The van der Waals surface area contributed by atoms with Crippen LogP contribution in [0.15, 0.2) is 72.8 Å². The summed E-state index contributed by atoms with van der Waals surface area (Å²) in [6.07, 6.45) is 0. The van der Waals surface area contributed by atoms with Gasteiger partial charge in [0.15, 0.2) is 0 Å². The zero-order valence-electron chi connectivity index (χ0n) is 19.2. The monoisotopic (exact) mass is 487 g/mol. The lowest BCUT2D eigenvalue weighted by Crippen LogP contribution is -2.73. The minimum atomic E-state index is -0.438. The van der Waals surface area contributed by atoms with Gasteiger partial charge in [-0.15, -0.1) is 0 Å². The minimum Gasteiger partial charge on any atom is -0.394 e. The van der Waals surface area contributed by atoms with Gasteiger partial charge in [0.1, 0.15) is 18.2 Å². The highest BCUT2D eigenvalue weighted by Gasteiger charge is 2.54. The second-order valence-corrected chi connectivity index (χ2v) is 8.84. The third kappa shape index (κ3) is 4.66. The van der Waals surface area contributed by atoms with Crippen LogP contribution in [0, 0.1) is 23.5 Å². The normalized spacial score (nSPS) is 20.6. The number of halogens is 2. The first-order valence-corrected chi connectivity index (χ1v) is 11.5. The molecule has 0 spiro atoms. The molecule has 0 aromatic heterocycles. The van der Waals surface area contributed by atoms with Crippen molar-refractivity contribution < 1.29 is 23.5 Å². The molecule has 182 valence electrons. The van der Waals surface area contributed by atoms with Gasteiger partial charge in [0.2, 0.25) is 5.91 Å². The van der Waals surface area contributed by atoms with Crippen LogP contribution in [0.1, 0.15) is 22.6 Å². The molecule has 2 saturated heterocycles. The predicted molar refractivity (Wildman–Crippen MR) is 130 cm³/mol. The molecule has 0 aliphatic carbocycles. The van der Waals surface area contributed by atoms with Crippen LogP contribution in [-0.4, -0.2) is 58.6 Å².